The summed E-state index contributed by atoms with van der Waals surface area (Å²) in [4.78, 5) is 25.6. The number of aryl methyl sites for hydroxylation is 1. The minimum absolute atomic E-state index is 0.0815. The summed E-state index contributed by atoms with van der Waals surface area (Å²) in [5.74, 6) is -1.55. The number of amides is 2. The second-order valence-corrected chi connectivity index (χ2v) is 5.45. The van der Waals surface area contributed by atoms with Crippen LogP contribution in [0.2, 0.25) is 0 Å². The Morgan fingerprint density at radius 1 is 1.24 bits per heavy atom. The molecule has 1 fully saturated rings. The standard InChI is InChI=1S/C16H17NO4/c1-10-4-6-11(7-5-10)13-14(18)16(20)17(15(13)19)9-12-3-2-8-21-12/h4-7,12,18H,2-3,8-9H2,1H3. The minimum Gasteiger partial charge on any atom is -0.502 e. The Kier molecular flexibility index (Phi) is 3.51. The van der Waals surface area contributed by atoms with Crippen LogP contribution >= 0.6 is 0 Å². The third kappa shape index (κ3) is 2.45. The van der Waals surface area contributed by atoms with Gasteiger partial charge < -0.3 is 9.84 Å². The average molecular weight is 287 g/mol. The van der Waals surface area contributed by atoms with Crippen LogP contribution < -0.4 is 0 Å². The molecule has 2 aliphatic heterocycles. The lowest BCUT2D eigenvalue weighted by Crippen LogP contribution is -2.38. The molecule has 0 bridgehead atoms. The van der Waals surface area contributed by atoms with Gasteiger partial charge in [-0.1, -0.05) is 29.8 Å². The molecule has 110 valence electrons. The molecule has 1 atom stereocenters. The van der Waals surface area contributed by atoms with Gasteiger partial charge in [-0.2, -0.15) is 0 Å². The lowest BCUT2D eigenvalue weighted by Gasteiger charge is -2.18. The van der Waals surface area contributed by atoms with Crippen LogP contribution in [0.4, 0.5) is 0 Å². The van der Waals surface area contributed by atoms with Gasteiger partial charge in [0.15, 0.2) is 5.76 Å². The summed E-state index contributed by atoms with van der Waals surface area (Å²) in [6, 6.07) is 7.16. The van der Waals surface area contributed by atoms with E-state index in [4.69, 9.17) is 4.74 Å². The molecule has 0 aromatic heterocycles. The van der Waals surface area contributed by atoms with Gasteiger partial charge in [0, 0.05) is 6.61 Å². The molecule has 1 N–H and O–H groups in total. The van der Waals surface area contributed by atoms with Gasteiger partial charge in [0.2, 0.25) is 0 Å². The number of ether oxygens (including phenoxy) is 1. The zero-order valence-corrected chi connectivity index (χ0v) is 11.8. The van der Waals surface area contributed by atoms with Crippen molar-refractivity contribution in [3.63, 3.8) is 0 Å². The lowest BCUT2D eigenvalue weighted by molar-refractivity contribution is -0.139. The molecule has 0 aliphatic carbocycles. The Hall–Kier alpha value is -2.14. The van der Waals surface area contributed by atoms with Crippen molar-refractivity contribution in [2.75, 3.05) is 13.2 Å². The van der Waals surface area contributed by atoms with E-state index in [0.29, 0.717) is 12.2 Å². The molecule has 5 nitrogen and oxygen atoms in total. The van der Waals surface area contributed by atoms with Crippen molar-refractivity contribution >= 4 is 17.4 Å². The van der Waals surface area contributed by atoms with Crippen molar-refractivity contribution in [2.24, 2.45) is 0 Å². The van der Waals surface area contributed by atoms with Crippen LogP contribution in [0.3, 0.4) is 0 Å². The fourth-order valence-corrected chi connectivity index (χ4v) is 2.70. The number of hydrogen-bond acceptors (Lipinski definition) is 4. The number of carbonyl (C=O) groups excluding carboxylic acids is 2. The van der Waals surface area contributed by atoms with Crippen molar-refractivity contribution < 1.29 is 19.4 Å². The Bertz CT molecular complexity index is 612. The molecule has 0 radical (unpaired) electrons. The zero-order valence-electron chi connectivity index (χ0n) is 11.8. The molecule has 1 aromatic carbocycles. The van der Waals surface area contributed by atoms with E-state index in [9.17, 15) is 14.7 Å². The van der Waals surface area contributed by atoms with Crippen molar-refractivity contribution in [3.05, 3.63) is 41.2 Å². The van der Waals surface area contributed by atoms with E-state index in [1.807, 2.05) is 19.1 Å². The fraction of sp³-hybridized carbons (Fsp3) is 0.375. The maximum atomic E-state index is 12.4. The predicted molar refractivity (Wildman–Crippen MR) is 76.4 cm³/mol. The zero-order chi connectivity index (χ0) is 15.0. The van der Waals surface area contributed by atoms with Gasteiger partial charge >= 0.3 is 0 Å². The van der Waals surface area contributed by atoms with Gasteiger partial charge in [0.25, 0.3) is 11.8 Å². The van der Waals surface area contributed by atoms with E-state index in [0.717, 1.165) is 23.3 Å². The first-order valence-corrected chi connectivity index (χ1v) is 7.06. The summed E-state index contributed by atoms with van der Waals surface area (Å²) < 4.78 is 5.46. The summed E-state index contributed by atoms with van der Waals surface area (Å²) in [6.45, 7) is 2.80. The van der Waals surface area contributed by atoms with Crippen LogP contribution in [0.15, 0.2) is 30.0 Å². The molecule has 21 heavy (non-hydrogen) atoms. The summed E-state index contributed by atoms with van der Waals surface area (Å²) in [7, 11) is 0. The Morgan fingerprint density at radius 3 is 2.57 bits per heavy atom. The third-order valence-corrected chi connectivity index (χ3v) is 3.89. The van der Waals surface area contributed by atoms with E-state index < -0.39 is 17.6 Å². The van der Waals surface area contributed by atoms with Crippen molar-refractivity contribution in [1.29, 1.82) is 0 Å². The molecule has 2 aliphatic rings. The first-order chi connectivity index (χ1) is 10.1. The molecule has 2 heterocycles. The van der Waals surface area contributed by atoms with Gasteiger partial charge in [-0.05, 0) is 25.3 Å². The van der Waals surface area contributed by atoms with Crippen molar-refractivity contribution in [1.82, 2.24) is 4.90 Å². The van der Waals surface area contributed by atoms with Gasteiger partial charge in [0.05, 0.1) is 18.2 Å². The van der Waals surface area contributed by atoms with E-state index in [2.05, 4.69) is 0 Å². The van der Waals surface area contributed by atoms with Gasteiger partial charge in [-0.3, -0.25) is 14.5 Å². The molecule has 0 spiro atoms. The SMILES string of the molecule is Cc1ccc(C2=C(O)C(=O)N(CC3CCCO3)C2=O)cc1. The number of carbonyl (C=O) groups is 2. The number of benzene rings is 1. The summed E-state index contributed by atoms with van der Waals surface area (Å²) in [5, 5.41) is 10.0. The number of imide groups is 1. The largest absolute Gasteiger partial charge is 0.502 e. The normalized spacial score (nSPS) is 22.5. The fourth-order valence-electron chi connectivity index (χ4n) is 2.70. The summed E-state index contributed by atoms with van der Waals surface area (Å²) in [6.07, 6.45) is 1.64. The number of aliphatic hydroxyl groups excluding tert-OH is 1. The maximum absolute atomic E-state index is 12.4. The molecular weight excluding hydrogens is 270 g/mol. The third-order valence-electron chi connectivity index (χ3n) is 3.89. The Labute approximate surface area is 122 Å². The van der Waals surface area contributed by atoms with Gasteiger partial charge in [-0.15, -0.1) is 0 Å². The topological polar surface area (TPSA) is 66.8 Å². The molecule has 2 amide bonds. The smallest absolute Gasteiger partial charge is 0.296 e. The Morgan fingerprint density at radius 2 is 1.95 bits per heavy atom. The van der Waals surface area contributed by atoms with Crippen LogP contribution in [-0.4, -0.2) is 41.1 Å². The number of aliphatic hydroxyl groups is 1. The monoisotopic (exact) mass is 287 g/mol. The van der Waals surface area contributed by atoms with Crippen LogP contribution in [0.25, 0.3) is 5.57 Å². The highest BCUT2D eigenvalue weighted by atomic mass is 16.5. The second-order valence-electron chi connectivity index (χ2n) is 5.45. The highest BCUT2D eigenvalue weighted by molar-refractivity contribution is 6.34. The average Bonchev–Trinajstić information content (AvgIpc) is 3.05. The van der Waals surface area contributed by atoms with Crippen LogP contribution in [0.1, 0.15) is 24.0 Å². The molecule has 1 saturated heterocycles. The van der Waals surface area contributed by atoms with Crippen LogP contribution in [0.5, 0.6) is 0 Å². The van der Waals surface area contributed by atoms with Gasteiger partial charge in [0.1, 0.15) is 0 Å². The lowest BCUT2D eigenvalue weighted by atomic mass is 10.0. The highest BCUT2D eigenvalue weighted by Gasteiger charge is 2.40. The highest BCUT2D eigenvalue weighted by Crippen LogP contribution is 2.29. The second kappa shape index (κ2) is 5.33. The quantitative estimate of drug-likeness (QED) is 0.861. The molecule has 3 rings (SSSR count). The maximum Gasteiger partial charge on any atom is 0.296 e. The molecule has 5 heteroatoms. The van der Waals surface area contributed by atoms with Gasteiger partial charge in [-0.25, -0.2) is 0 Å². The summed E-state index contributed by atoms with van der Waals surface area (Å²) >= 11 is 0. The Balaban J connectivity index is 1.85. The molecule has 1 unspecified atom stereocenters. The van der Waals surface area contributed by atoms with E-state index in [-0.39, 0.29) is 18.2 Å². The summed E-state index contributed by atoms with van der Waals surface area (Å²) in [5.41, 5.74) is 1.69. The molecule has 0 saturated carbocycles. The van der Waals surface area contributed by atoms with Crippen LogP contribution in [-0.2, 0) is 14.3 Å². The van der Waals surface area contributed by atoms with E-state index >= 15 is 0 Å². The number of hydrogen-bond donors (Lipinski definition) is 1. The molecular formula is C16H17NO4. The molecule has 1 aromatic rings. The first-order valence-electron chi connectivity index (χ1n) is 7.06. The van der Waals surface area contributed by atoms with Crippen LogP contribution in [0, 0.1) is 6.92 Å². The first kappa shape index (κ1) is 13.8. The number of rotatable bonds is 3. The van der Waals surface area contributed by atoms with E-state index in [1.54, 1.807) is 12.1 Å². The predicted octanol–water partition coefficient (Wildman–Crippen LogP) is 1.81. The number of nitrogens with zero attached hydrogens (tertiary/aromatic N) is 1. The van der Waals surface area contributed by atoms with E-state index in [1.165, 1.54) is 0 Å². The van der Waals surface area contributed by atoms with Crippen molar-refractivity contribution in [3.8, 4) is 0 Å². The van der Waals surface area contributed by atoms with Crippen molar-refractivity contribution in [2.45, 2.75) is 25.9 Å². The minimum atomic E-state index is -0.633.